The number of aromatic nitrogens is 2. The topological polar surface area (TPSA) is 72.1 Å². The van der Waals surface area contributed by atoms with E-state index in [4.69, 9.17) is 17.3 Å². The monoisotopic (exact) mass is 396 g/mol. The molecule has 5 nitrogen and oxygen atoms in total. The van der Waals surface area contributed by atoms with Crippen LogP contribution in [0.3, 0.4) is 0 Å². The number of benzene rings is 1. The van der Waals surface area contributed by atoms with Gasteiger partial charge in [-0.05, 0) is 62.3 Å². The largest absolute Gasteiger partial charge is 0.335 e. The zero-order chi connectivity index (χ0) is 19.4. The maximum Gasteiger partial charge on any atom is 0.256 e. The fourth-order valence-corrected chi connectivity index (χ4v) is 5.45. The van der Waals surface area contributed by atoms with Crippen LogP contribution in [0, 0.1) is 0 Å². The molecule has 2 heterocycles. The van der Waals surface area contributed by atoms with Gasteiger partial charge in [0, 0.05) is 35.0 Å². The molecule has 0 unspecified atom stereocenters. The number of amides is 1. The number of hydrogen-bond donors (Lipinski definition) is 1. The average molecular weight is 397 g/mol. The van der Waals surface area contributed by atoms with Crippen LogP contribution in [0.4, 0.5) is 0 Å². The van der Waals surface area contributed by atoms with Crippen molar-refractivity contribution in [3.63, 3.8) is 0 Å². The highest BCUT2D eigenvalue weighted by Gasteiger charge is 2.54. The van der Waals surface area contributed by atoms with Crippen molar-refractivity contribution in [2.24, 2.45) is 5.73 Å². The van der Waals surface area contributed by atoms with Gasteiger partial charge >= 0.3 is 0 Å². The maximum atomic E-state index is 13.2. The molecule has 1 aromatic heterocycles. The average Bonchev–Trinajstić information content (AvgIpc) is 3.51. The first-order valence-corrected chi connectivity index (χ1v) is 10.5. The molecule has 2 fully saturated rings. The van der Waals surface area contributed by atoms with E-state index >= 15 is 0 Å². The second kappa shape index (κ2) is 6.53. The zero-order valence-electron chi connectivity index (χ0n) is 15.9. The van der Waals surface area contributed by atoms with Crippen LogP contribution in [0.5, 0.6) is 0 Å². The molecule has 6 heteroatoms. The second-order valence-corrected chi connectivity index (χ2v) is 9.17. The van der Waals surface area contributed by atoms with Crippen LogP contribution in [0.15, 0.2) is 36.5 Å². The molecule has 1 aliphatic heterocycles. The lowest BCUT2D eigenvalue weighted by molar-refractivity contribution is 0.0529. The van der Waals surface area contributed by atoms with Gasteiger partial charge in [-0.2, -0.15) is 10.2 Å². The van der Waals surface area contributed by atoms with Crippen molar-refractivity contribution in [2.75, 3.05) is 13.1 Å². The number of hydrogen-bond acceptors (Lipinski definition) is 4. The van der Waals surface area contributed by atoms with Crippen LogP contribution in [-0.2, 0) is 10.8 Å². The van der Waals surface area contributed by atoms with Crippen molar-refractivity contribution in [1.82, 2.24) is 15.1 Å². The Bertz CT molecular complexity index is 918. The SMILES string of the molecule is NCC1(c2cccc(Cl)c2)CCC(N2CC3(CC3)c3nnccc3C2=O)CC1. The third kappa shape index (κ3) is 2.75. The standard InChI is InChI=1S/C22H25ClN4O/c23-16-3-1-2-15(12-16)21(13-24)7-4-17(5-8-21)27-14-22(9-10-22)19-18(20(27)28)6-11-25-26-19/h1-3,6,11-12,17H,4-5,7-10,13-14,24H2. The van der Waals surface area contributed by atoms with Crippen LogP contribution in [0.2, 0.25) is 5.02 Å². The summed E-state index contributed by atoms with van der Waals surface area (Å²) >= 11 is 6.23. The predicted molar refractivity (Wildman–Crippen MR) is 108 cm³/mol. The third-order valence-corrected chi connectivity index (χ3v) is 7.46. The lowest BCUT2D eigenvalue weighted by atomic mass is 9.67. The maximum absolute atomic E-state index is 13.2. The van der Waals surface area contributed by atoms with E-state index in [0.29, 0.717) is 6.54 Å². The molecule has 1 aromatic carbocycles. The lowest BCUT2D eigenvalue weighted by Crippen LogP contribution is -2.52. The summed E-state index contributed by atoms with van der Waals surface area (Å²) in [5.74, 6) is 0.121. The summed E-state index contributed by atoms with van der Waals surface area (Å²) < 4.78 is 0. The molecule has 2 N–H and O–H groups in total. The highest BCUT2D eigenvalue weighted by molar-refractivity contribution is 6.30. The van der Waals surface area contributed by atoms with Gasteiger partial charge in [-0.1, -0.05) is 23.7 Å². The summed E-state index contributed by atoms with van der Waals surface area (Å²) in [6.07, 6.45) is 7.74. The van der Waals surface area contributed by atoms with E-state index in [1.54, 1.807) is 6.20 Å². The predicted octanol–water partition coefficient (Wildman–Crippen LogP) is 3.46. The van der Waals surface area contributed by atoms with Gasteiger partial charge in [0.1, 0.15) is 0 Å². The Morgan fingerprint density at radius 1 is 1.18 bits per heavy atom. The number of rotatable bonds is 3. The molecule has 1 spiro atoms. The first kappa shape index (κ1) is 18.1. The van der Waals surface area contributed by atoms with Gasteiger partial charge in [-0.25, -0.2) is 0 Å². The molecule has 0 saturated heterocycles. The van der Waals surface area contributed by atoms with Gasteiger partial charge in [0.05, 0.1) is 17.5 Å². The number of halogens is 1. The minimum Gasteiger partial charge on any atom is -0.335 e. The quantitative estimate of drug-likeness (QED) is 0.862. The van der Waals surface area contributed by atoms with E-state index in [2.05, 4.69) is 27.2 Å². The summed E-state index contributed by atoms with van der Waals surface area (Å²) in [6, 6.07) is 10.2. The number of nitrogens with two attached hydrogens (primary N) is 1. The third-order valence-electron chi connectivity index (χ3n) is 7.22. The van der Waals surface area contributed by atoms with Gasteiger partial charge in [0.15, 0.2) is 0 Å². The van der Waals surface area contributed by atoms with E-state index in [1.807, 2.05) is 18.2 Å². The molecule has 5 rings (SSSR count). The van der Waals surface area contributed by atoms with Gasteiger partial charge in [-0.3, -0.25) is 4.79 Å². The normalized spacial score (nSPS) is 28.3. The molecule has 2 aliphatic carbocycles. The van der Waals surface area contributed by atoms with E-state index in [0.717, 1.165) is 61.3 Å². The van der Waals surface area contributed by atoms with Crippen LogP contribution >= 0.6 is 11.6 Å². The first-order chi connectivity index (χ1) is 13.6. The van der Waals surface area contributed by atoms with Gasteiger partial charge < -0.3 is 10.6 Å². The molecule has 0 atom stereocenters. The Morgan fingerprint density at radius 2 is 1.96 bits per heavy atom. The minimum atomic E-state index is -0.0408. The molecule has 2 saturated carbocycles. The van der Waals surface area contributed by atoms with Crippen molar-refractivity contribution >= 4 is 17.5 Å². The fourth-order valence-electron chi connectivity index (χ4n) is 5.26. The van der Waals surface area contributed by atoms with Gasteiger partial charge in [-0.15, -0.1) is 0 Å². The molecule has 0 bridgehead atoms. The molecule has 3 aliphatic rings. The number of carbonyl (C=O) groups is 1. The van der Waals surface area contributed by atoms with Crippen LogP contribution in [-0.4, -0.2) is 40.1 Å². The Balaban J connectivity index is 1.38. The summed E-state index contributed by atoms with van der Waals surface area (Å²) in [7, 11) is 0. The molecule has 28 heavy (non-hydrogen) atoms. The zero-order valence-corrected chi connectivity index (χ0v) is 16.7. The Kier molecular flexibility index (Phi) is 4.21. The van der Waals surface area contributed by atoms with Crippen molar-refractivity contribution in [1.29, 1.82) is 0 Å². The van der Waals surface area contributed by atoms with Crippen molar-refractivity contribution in [2.45, 2.75) is 55.4 Å². The van der Waals surface area contributed by atoms with Gasteiger partial charge in [0.2, 0.25) is 0 Å². The molecule has 1 amide bonds. The molecule has 2 aromatic rings. The molecular weight excluding hydrogens is 372 g/mol. The first-order valence-electron chi connectivity index (χ1n) is 10.2. The van der Waals surface area contributed by atoms with E-state index in [-0.39, 0.29) is 22.8 Å². The highest BCUT2D eigenvalue weighted by Crippen LogP contribution is 2.52. The molecule has 0 radical (unpaired) electrons. The van der Waals surface area contributed by atoms with Crippen molar-refractivity contribution in [3.8, 4) is 0 Å². The fraction of sp³-hybridized carbons (Fsp3) is 0.500. The number of fused-ring (bicyclic) bond motifs is 2. The van der Waals surface area contributed by atoms with Crippen LogP contribution in [0.25, 0.3) is 0 Å². The Morgan fingerprint density at radius 3 is 2.64 bits per heavy atom. The summed E-state index contributed by atoms with van der Waals surface area (Å²) in [6.45, 7) is 1.39. The van der Waals surface area contributed by atoms with E-state index in [1.165, 1.54) is 5.56 Å². The summed E-state index contributed by atoms with van der Waals surface area (Å²) in [5.41, 5.74) is 9.16. The molecular formula is C22H25ClN4O. The van der Waals surface area contributed by atoms with Gasteiger partial charge in [0.25, 0.3) is 5.91 Å². The Hall–Kier alpha value is -1.98. The highest BCUT2D eigenvalue weighted by atomic mass is 35.5. The molecule has 146 valence electrons. The van der Waals surface area contributed by atoms with Crippen molar-refractivity contribution < 1.29 is 4.79 Å². The smallest absolute Gasteiger partial charge is 0.256 e. The minimum absolute atomic E-state index is 0.0408. The summed E-state index contributed by atoms with van der Waals surface area (Å²) in [5, 5.41) is 9.11. The number of nitrogens with zero attached hydrogens (tertiary/aromatic N) is 3. The van der Waals surface area contributed by atoms with Crippen LogP contribution in [0.1, 0.15) is 60.1 Å². The van der Waals surface area contributed by atoms with Crippen LogP contribution < -0.4 is 5.73 Å². The lowest BCUT2D eigenvalue weighted by Gasteiger charge is -2.45. The summed E-state index contributed by atoms with van der Waals surface area (Å²) in [4.78, 5) is 15.3. The second-order valence-electron chi connectivity index (χ2n) is 8.73. The van der Waals surface area contributed by atoms with E-state index in [9.17, 15) is 4.79 Å². The van der Waals surface area contributed by atoms with E-state index < -0.39 is 0 Å². The van der Waals surface area contributed by atoms with Crippen molar-refractivity contribution in [3.05, 3.63) is 58.4 Å². The Labute approximate surface area is 170 Å². The number of carbonyl (C=O) groups excluding carboxylic acids is 1.